The van der Waals surface area contributed by atoms with Crippen LogP contribution in [0.2, 0.25) is 0 Å². The highest BCUT2D eigenvalue weighted by Gasteiger charge is 2.21. The molecule has 0 aliphatic carbocycles. The second-order valence-corrected chi connectivity index (χ2v) is 4.77. The highest BCUT2D eigenvalue weighted by Crippen LogP contribution is 2.29. The second kappa shape index (κ2) is 4.92. The lowest BCUT2D eigenvalue weighted by molar-refractivity contribution is -0.394. The molecule has 0 atom stereocenters. The van der Waals surface area contributed by atoms with Gasteiger partial charge in [0.1, 0.15) is 5.69 Å². The summed E-state index contributed by atoms with van der Waals surface area (Å²) in [6.45, 7) is 1.89. The van der Waals surface area contributed by atoms with Crippen LogP contribution in [-0.2, 0) is 0 Å². The summed E-state index contributed by atoms with van der Waals surface area (Å²) in [6.07, 6.45) is 1.66. The van der Waals surface area contributed by atoms with Gasteiger partial charge in [0.15, 0.2) is 0 Å². The number of nitro benzene ring substituents is 2. The number of nitrogens with zero attached hydrogens (tertiary/aromatic N) is 4. The Morgan fingerprint density at radius 1 is 1.09 bits per heavy atom. The van der Waals surface area contributed by atoms with Crippen LogP contribution in [0.4, 0.5) is 11.4 Å². The predicted octanol–water partition coefficient (Wildman–Crippen LogP) is 3.15. The number of hydrogen-bond acceptors (Lipinski definition) is 5. The summed E-state index contributed by atoms with van der Waals surface area (Å²) < 4.78 is 1.37. The summed E-state index contributed by atoms with van der Waals surface area (Å²) in [5.41, 5.74) is 1.17. The summed E-state index contributed by atoms with van der Waals surface area (Å²) >= 11 is 0. The van der Waals surface area contributed by atoms with Gasteiger partial charge in [-0.1, -0.05) is 18.2 Å². The molecular formula is C14H10N4O4. The summed E-state index contributed by atoms with van der Waals surface area (Å²) in [7, 11) is 0. The Morgan fingerprint density at radius 3 is 2.50 bits per heavy atom. The molecule has 2 aromatic carbocycles. The fourth-order valence-corrected chi connectivity index (χ4v) is 2.28. The van der Waals surface area contributed by atoms with Gasteiger partial charge >= 0.3 is 5.69 Å². The Bertz CT molecular complexity index is 916. The molecule has 0 aliphatic heterocycles. The first-order chi connectivity index (χ1) is 10.5. The van der Waals surface area contributed by atoms with Crippen LogP contribution in [0.1, 0.15) is 5.56 Å². The summed E-state index contributed by atoms with van der Waals surface area (Å²) in [4.78, 5) is 20.6. The Morgan fingerprint density at radius 2 is 1.86 bits per heavy atom. The lowest BCUT2D eigenvalue weighted by Crippen LogP contribution is -2.01. The molecular weight excluding hydrogens is 288 g/mol. The van der Waals surface area contributed by atoms with Crippen LogP contribution in [0.3, 0.4) is 0 Å². The fourth-order valence-electron chi connectivity index (χ4n) is 2.28. The van der Waals surface area contributed by atoms with E-state index in [0.29, 0.717) is 0 Å². The maximum atomic E-state index is 11.2. The van der Waals surface area contributed by atoms with Crippen LogP contribution in [0.25, 0.3) is 16.6 Å². The molecule has 0 aliphatic rings. The number of nitro groups is 2. The molecule has 0 amide bonds. The third-order valence-corrected chi connectivity index (χ3v) is 3.35. The van der Waals surface area contributed by atoms with E-state index in [0.717, 1.165) is 22.5 Å². The van der Waals surface area contributed by atoms with Crippen molar-refractivity contribution in [3.8, 4) is 5.69 Å². The van der Waals surface area contributed by atoms with Crippen LogP contribution < -0.4 is 0 Å². The number of fused-ring (bicyclic) bond motifs is 1. The van der Waals surface area contributed by atoms with Crippen molar-refractivity contribution in [3.63, 3.8) is 0 Å². The molecule has 3 rings (SSSR count). The number of benzene rings is 2. The number of aromatic nitrogens is 2. The van der Waals surface area contributed by atoms with E-state index in [-0.39, 0.29) is 17.1 Å². The van der Waals surface area contributed by atoms with Gasteiger partial charge in [-0.05, 0) is 18.6 Å². The van der Waals surface area contributed by atoms with Crippen LogP contribution in [0.15, 0.2) is 42.6 Å². The molecule has 0 unspecified atom stereocenters. The lowest BCUT2D eigenvalue weighted by Gasteiger charge is -2.02. The highest BCUT2D eigenvalue weighted by atomic mass is 16.6. The SMILES string of the molecule is Cc1cccc2cn(-c3ccc([N+](=O)[O-])cc3[N+](=O)[O-])nc12. The molecule has 0 bridgehead atoms. The zero-order chi connectivity index (χ0) is 15.9. The Balaban J connectivity index is 2.23. The van der Waals surface area contributed by atoms with Crippen molar-refractivity contribution < 1.29 is 9.85 Å². The highest BCUT2D eigenvalue weighted by molar-refractivity contribution is 5.82. The number of aryl methyl sites for hydroxylation is 1. The van der Waals surface area contributed by atoms with E-state index in [1.165, 1.54) is 16.8 Å². The minimum absolute atomic E-state index is 0.186. The monoisotopic (exact) mass is 298 g/mol. The topological polar surface area (TPSA) is 104 Å². The quantitative estimate of drug-likeness (QED) is 0.545. The zero-order valence-corrected chi connectivity index (χ0v) is 11.5. The van der Waals surface area contributed by atoms with Crippen LogP contribution in [0, 0.1) is 27.2 Å². The van der Waals surface area contributed by atoms with Crippen molar-refractivity contribution in [1.82, 2.24) is 9.78 Å². The predicted molar refractivity (Wildman–Crippen MR) is 79.1 cm³/mol. The van der Waals surface area contributed by atoms with Gasteiger partial charge < -0.3 is 0 Å². The molecule has 110 valence electrons. The van der Waals surface area contributed by atoms with Crippen molar-refractivity contribution >= 4 is 22.3 Å². The van der Waals surface area contributed by atoms with E-state index in [9.17, 15) is 20.2 Å². The van der Waals surface area contributed by atoms with Crippen LogP contribution >= 0.6 is 0 Å². The average molecular weight is 298 g/mol. The molecule has 0 fully saturated rings. The molecule has 22 heavy (non-hydrogen) atoms. The first-order valence-corrected chi connectivity index (χ1v) is 6.35. The molecule has 0 saturated heterocycles. The van der Waals surface area contributed by atoms with Gasteiger partial charge in [-0.2, -0.15) is 5.10 Å². The van der Waals surface area contributed by atoms with Gasteiger partial charge in [0, 0.05) is 17.6 Å². The second-order valence-electron chi connectivity index (χ2n) is 4.77. The summed E-state index contributed by atoms with van der Waals surface area (Å²) in [5.74, 6) is 0. The van der Waals surface area contributed by atoms with Crippen molar-refractivity contribution in [3.05, 3.63) is 68.4 Å². The van der Waals surface area contributed by atoms with Crippen LogP contribution in [0.5, 0.6) is 0 Å². The molecule has 0 N–H and O–H groups in total. The minimum atomic E-state index is -0.666. The van der Waals surface area contributed by atoms with E-state index >= 15 is 0 Å². The third kappa shape index (κ3) is 2.16. The Labute approximate surface area is 123 Å². The molecule has 3 aromatic rings. The first kappa shape index (κ1) is 13.7. The lowest BCUT2D eigenvalue weighted by atomic mass is 10.2. The normalized spacial score (nSPS) is 10.8. The standard InChI is InChI=1S/C14H10N4O4/c1-9-3-2-4-10-8-16(15-14(9)10)12-6-5-11(17(19)20)7-13(12)18(21)22/h2-8H,1H3. The van der Waals surface area contributed by atoms with E-state index in [4.69, 9.17) is 0 Å². The molecule has 0 saturated carbocycles. The van der Waals surface area contributed by atoms with Gasteiger partial charge in [-0.15, -0.1) is 0 Å². The van der Waals surface area contributed by atoms with Crippen molar-refractivity contribution in [2.45, 2.75) is 6.92 Å². The van der Waals surface area contributed by atoms with Crippen molar-refractivity contribution in [2.24, 2.45) is 0 Å². The molecule has 8 nitrogen and oxygen atoms in total. The van der Waals surface area contributed by atoms with Crippen LogP contribution in [-0.4, -0.2) is 19.6 Å². The van der Waals surface area contributed by atoms with Gasteiger partial charge in [0.2, 0.25) is 0 Å². The maximum absolute atomic E-state index is 11.2. The van der Waals surface area contributed by atoms with E-state index in [2.05, 4.69) is 5.10 Å². The third-order valence-electron chi connectivity index (χ3n) is 3.35. The molecule has 1 aromatic heterocycles. The number of hydrogen-bond donors (Lipinski definition) is 0. The summed E-state index contributed by atoms with van der Waals surface area (Å²) in [5, 5.41) is 27.1. The maximum Gasteiger partial charge on any atom is 0.301 e. The Hall–Kier alpha value is -3.29. The van der Waals surface area contributed by atoms with E-state index in [1.54, 1.807) is 6.20 Å². The zero-order valence-electron chi connectivity index (χ0n) is 11.5. The van der Waals surface area contributed by atoms with Crippen molar-refractivity contribution in [2.75, 3.05) is 0 Å². The summed E-state index contributed by atoms with van der Waals surface area (Å²) in [6, 6.07) is 9.11. The minimum Gasteiger partial charge on any atom is -0.258 e. The van der Waals surface area contributed by atoms with Gasteiger partial charge in [0.25, 0.3) is 5.69 Å². The molecule has 0 spiro atoms. The first-order valence-electron chi connectivity index (χ1n) is 6.35. The molecule has 0 radical (unpaired) electrons. The van der Waals surface area contributed by atoms with E-state index in [1.807, 2.05) is 25.1 Å². The van der Waals surface area contributed by atoms with Gasteiger partial charge in [0.05, 0.1) is 21.4 Å². The largest absolute Gasteiger partial charge is 0.301 e. The smallest absolute Gasteiger partial charge is 0.258 e. The van der Waals surface area contributed by atoms with Gasteiger partial charge in [-0.3, -0.25) is 20.2 Å². The number of non-ortho nitro benzene ring substituents is 1. The molecule has 1 heterocycles. The molecule has 8 heteroatoms. The van der Waals surface area contributed by atoms with Gasteiger partial charge in [-0.25, -0.2) is 4.68 Å². The van der Waals surface area contributed by atoms with E-state index < -0.39 is 9.85 Å². The fraction of sp³-hybridized carbons (Fsp3) is 0.0714. The average Bonchev–Trinajstić information content (AvgIpc) is 2.92. The Kier molecular flexibility index (Phi) is 3.06. The van der Waals surface area contributed by atoms with Crippen molar-refractivity contribution in [1.29, 1.82) is 0 Å². The number of rotatable bonds is 3.